The summed E-state index contributed by atoms with van der Waals surface area (Å²) in [7, 11) is 0. The third-order valence-corrected chi connectivity index (χ3v) is 6.23. The number of rotatable bonds is 10. The van der Waals surface area contributed by atoms with Crippen molar-refractivity contribution in [2.75, 3.05) is 13.3 Å². The van der Waals surface area contributed by atoms with Crippen molar-refractivity contribution in [3.63, 3.8) is 0 Å². The van der Waals surface area contributed by atoms with E-state index < -0.39 is 6.04 Å². The minimum atomic E-state index is -0.625. The van der Waals surface area contributed by atoms with Gasteiger partial charge in [-0.3, -0.25) is 9.59 Å². The van der Waals surface area contributed by atoms with Gasteiger partial charge in [0.05, 0.1) is 0 Å². The molecule has 2 aromatic carbocycles. The number of carbonyl (C=O) groups excluding carboxylic acids is 2. The number of carbonyl (C=O) groups is 2. The van der Waals surface area contributed by atoms with Crippen LogP contribution in [0.5, 0.6) is 11.5 Å². The van der Waals surface area contributed by atoms with Crippen LogP contribution in [0.2, 0.25) is 10.0 Å². The van der Waals surface area contributed by atoms with E-state index in [0.29, 0.717) is 52.4 Å². The molecule has 0 bridgehead atoms. The summed E-state index contributed by atoms with van der Waals surface area (Å²) in [4.78, 5) is 28.0. The second-order valence-electron chi connectivity index (χ2n) is 8.47. The lowest BCUT2D eigenvalue weighted by Crippen LogP contribution is -2.49. The van der Waals surface area contributed by atoms with Crippen LogP contribution in [0.15, 0.2) is 36.4 Å². The number of halogens is 2. The molecule has 3 rings (SSSR count). The van der Waals surface area contributed by atoms with Crippen LogP contribution in [0.1, 0.15) is 44.7 Å². The van der Waals surface area contributed by atoms with E-state index in [1.165, 1.54) is 0 Å². The smallest absolute Gasteiger partial charge is 0.242 e. The first kappa shape index (κ1) is 25.2. The highest BCUT2D eigenvalue weighted by Gasteiger charge is 2.29. The molecule has 0 aromatic heterocycles. The number of hydrogen-bond donors (Lipinski definition) is 1. The van der Waals surface area contributed by atoms with Crippen molar-refractivity contribution in [3.8, 4) is 11.5 Å². The Bertz CT molecular complexity index is 976. The number of fused-ring (bicyclic) bond motifs is 1. The van der Waals surface area contributed by atoms with Gasteiger partial charge in [0.15, 0.2) is 11.5 Å². The Morgan fingerprint density at radius 3 is 2.45 bits per heavy atom. The summed E-state index contributed by atoms with van der Waals surface area (Å²) in [5, 5.41) is 3.89. The molecule has 6 nitrogen and oxygen atoms in total. The number of hydrogen-bond acceptors (Lipinski definition) is 4. The van der Waals surface area contributed by atoms with E-state index in [2.05, 4.69) is 5.32 Å². The van der Waals surface area contributed by atoms with E-state index in [-0.39, 0.29) is 31.6 Å². The van der Waals surface area contributed by atoms with Crippen LogP contribution in [0.4, 0.5) is 0 Å². The van der Waals surface area contributed by atoms with Crippen LogP contribution in [0.3, 0.4) is 0 Å². The van der Waals surface area contributed by atoms with Crippen LogP contribution in [0, 0.1) is 5.92 Å². The highest BCUT2D eigenvalue weighted by atomic mass is 35.5. The van der Waals surface area contributed by atoms with Gasteiger partial charge in [-0.15, -0.1) is 0 Å². The molecule has 0 saturated heterocycles. The molecule has 1 aliphatic heterocycles. The molecule has 1 N–H and O–H groups in total. The first-order valence-electron chi connectivity index (χ1n) is 11.2. The van der Waals surface area contributed by atoms with Crippen LogP contribution < -0.4 is 14.8 Å². The van der Waals surface area contributed by atoms with Gasteiger partial charge in [0.25, 0.3) is 0 Å². The first-order chi connectivity index (χ1) is 15.8. The van der Waals surface area contributed by atoms with Crippen LogP contribution >= 0.6 is 23.2 Å². The molecule has 1 atom stereocenters. The monoisotopic (exact) mass is 492 g/mol. The largest absolute Gasteiger partial charge is 0.454 e. The SMILES string of the molecule is CC[C@@H](C(=O)NCC(C)C)N(Cc1c(Cl)cccc1Cl)C(=O)CCc1ccc2c(c1)OCO2. The Balaban J connectivity index is 1.80. The Morgan fingerprint density at radius 2 is 1.79 bits per heavy atom. The molecule has 33 heavy (non-hydrogen) atoms. The number of nitrogens with zero attached hydrogens (tertiary/aromatic N) is 1. The molecule has 178 valence electrons. The summed E-state index contributed by atoms with van der Waals surface area (Å²) in [5.41, 5.74) is 1.59. The molecule has 0 fully saturated rings. The minimum Gasteiger partial charge on any atom is -0.454 e. The number of amides is 2. The predicted molar refractivity (Wildman–Crippen MR) is 130 cm³/mol. The maximum atomic E-state index is 13.4. The van der Waals surface area contributed by atoms with E-state index in [1.807, 2.05) is 39.0 Å². The van der Waals surface area contributed by atoms with E-state index in [1.54, 1.807) is 23.1 Å². The van der Waals surface area contributed by atoms with E-state index >= 15 is 0 Å². The quantitative estimate of drug-likeness (QED) is 0.492. The molecule has 1 aliphatic rings. The molecule has 2 aromatic rings. The molecular weight excluding hydrogens is 463 g/mol. The fraction of sp³-hybridized carbons (Fsp3) is 0.440. The van der Waals surface area contributed by atoms with Gasteiger partial charge in [-0.2, -0.15) is 0 Å². The van der Waals surface area contributed by atoms with E-state index in [0.717, 1.165) is 5.56 Å². The number of nitrogens with one attached hydrogen (secondary N) is 1. The molecule has 1 heterocycles. The molecule has 0 aliphatic carbocycles. The van der Waals surface area contributed by atoms with Gasteiger partial charge in [-0.1, -0.05) is 56.1 Å². The third kappa shape index (κ3) is 6.55. The van der Waals surface area contributed by atoms with Crippen molar-refractivity contribution in [2.24, 2.45) is 5.92 Å². The van der Waals surface area contributed by atoms with Crippen molar-refractivity contribution in [2.45, 2.75) is 52.6 Å². The normalized spacial score (nSPS) is 13.2. The lowest BCUT2D eigenvalue weighted by atomic mass is 10.1. The third-order valence-electron chi connectivity index (χ3n) is 5.53. The highest BCUT2D eigenvalue weighted by Crippen LogP contribution is 2.33. The molecule has 8 heteroatoms. The summed E-state index contributed by atoms with van der Waals surface area (Å²) < 4.78 is 10.8. The van der Waals surface area contributed by atoms with Gasteiger partial charge in [-0.25, -0.2) is 0 Å². The van der Waals surface area contributed by atoms with Gasteiger partial charge in [-0.05, 0) is 48.6 Å². The fourth-order valence-corrected chi connectivity index (χ4v) is 4.20. The Hall–Kier alpha value is -2.44. The number of ether oxygens (including phenoxy) is 2. The Morgan fingerprint density at radius 1 is 1.09 bits per heavy atom. The first-order valence-corrected chi connectivity index (χ1v) is 11.9. The Kier molecular flexibility index (Phi) is 8.87. The zero-order valence-corrected chi connectivity index (χ0v) is 20.7. The van der Waals surface area contributed by atoms with Crippen LogP contribution in [0.25, 0.3) is 0 Å². The lowest BCUT2D eigenvalue weighted by molar-refractivity contribution is -0.141. The number of benzene rings is 2. The van der Waals surface area contributed by atoms with Crippen molar-refractivity contribution in [1.29, 1.82) is 0 Å². The topological polar surface area (TPSA) is 67.9 Å². The predicted octanol–water partition coefficient (Wildman–Crippen LogP) is 5.23. The zero-order chi connectivity index (χ0) is 24.0. The second kappa shape index (κ2) is 11.6. The fourth-order valence-electron chi connectivity index (χ4n) is 3.69. The maximum absolute atomic E-state index is 13.4. The summed E-state index contributed by atoms with van der Waals surface area (Å²) >= 11 is 12.8. The molecule has 2 amide bonds. The standard InChI is InChI=1S/C25H30Cl2N2O4/c1-4-21(25(31)28-13-16(2)3)29(14-18-19(26)6-5-7-20(18)27)24(30)11-9-17-8-10-22-23(12-17)33-15-32-22/h5-8,10,12,16,21H,4,9,11,13-15H2,1-3H3,(H,28,31)/t21-/m0/s1. The molecule has 0 spiro atoms. The minimum absolute atomic E-state index is 0.143. The zero-order valence-electron chi connectivity index (χ0n) is 19.2. The molecule has 0 unspecified atom stereocenters. The molecular formula is C25H30Cl2N2O4. The van der Waals surface area contributed by atoms with Crippen LogP contribution in [-0.2, 0) is 22.6 Å². The average Bonchev–Trinajstić information content (AvgIpc) is 3.25. The maximum Gasteiger partial charge on any atom is 0.242 e. The summed E-state index contributed by atoms with van der Waals surface area (Å²) in [6, 6.07) is 10.3. The van der Waals surface area contributed by atoms with Gasteiger partial charge < -0.3 is 19.7 Å². The lowest BCUT2D eigenvalue weighted by Gasteiger charge is -2.31. The Labute approximate surface area is 205 Å². The average molecular weight is 493 g/mol. The van der Waals surface area contributed by atoms with E-state index in [9.17, 15) is 9.59 Å². The van der Waals surface area contributed by atoms with Crippen molar-refractivity contribution in [1.82, 2.24) is 10.2 Å². The summed E-state index contributed by atoms with van der Waals surface area (Å²) in [5.74, 6) is 1.37. The second-order valence-corrected chi connectivity index (χ2v) is 9.29. The van der Waals surface area contributed by atoms with Gasteiger partial charge in [0.2, 0.25) is 18.6 Å². The highest BCUT2D eigenvalue weighted by molar-refractivity contribution is 6.36. The molecule has 0 saturated carbocycles. The summed E-state index contributed by atoms with van der Waals surface area (Å²) in [6.45, 7) is 6.85. The van der Waals surface area contributed by atoms with Crippen molar-refractivity contribution in [3.05, 3.63) is 57.6 Å². The van der Waals surface area contributed by atoms with Gasteiger partial charge >= 0.3 is 0 Å². The van der Waals surface area contributed by atoms with Crippen molar-refractivity contribution < 1.29 is 19.1 Å². The summed E-state index contributed by atoms with van der Waals surface area (Å²) in [6.07, 6.45) is 1.21. The van der Waals surface area contributed by atoms with Crippen molar-refractivity contribution >= 4 is 35.0 Å². The van der Waals surface area contributed by atoms with Gasteiger partial charge in [0.1, 0.15) is 6.04 Å². The van der Waals surface area contributed by atoms with Gasteiger partial charge in [0, 0.05) is 35.1 Å². The van der Waals surface area contributed by atoms with E-state index in [4.69, 9.17) is 32.7 Å². The molecule has 0 radical (unpaired) electrons. The number of aryl methyl sites for hydroxylation is 1. The van der Waals surface area contributed by atoms with Crippen LogP contribution in [-0.4, -0.2) is 36.1 Å².